The Morgan fingerprint density at radius 3 is 2.83 bits per heavy atom. The van der Waals surface area contributed by atoms with Crippen LogP contribution in [-0.4, -0.2) is 37.2 Å². The van der Waals surface area contributed by atoms with Gasteiger partial charge in [0.2, 0.25) is 0 Å². The van der Waals surface area contributed by atoms with Gasteiger partial charge in [0, 0.05) is 19.6 Å². The maximum absolute atomic E-state index is 11.9. The quantitative estimate of drug-likeness (QED) is 0.870. The molecule has 18 heavy (non-hydrogen) atoms. The summed E-state index contributed by atoms with van der Waals surface area (Å²) in [5.41, 5.74) is 1.02. The number of hydrogen-bond donors (Lipinski definition) is 1. The van der Waals surface area contributed by atoms with Gasteiger partial charge in [-0.25, -0.2) is 4.79 Å². The van der Waals surface area contributed by atoms with Crippen LogP contribution in [0.4, 0.5) is 4.79 Å². The molecular weight excluding hydrogens is 228 g/mol. The molecule has 1 heterocycles. The third kappa shape index (κ3) is 4.04. The van der Waals surface area contributed by atoms with Crippen molar-refractivity contribution in [3.8, 4) is 0 Å². The number of benzene rings is 1. The minimum absolute atomic E-state index is 0.206. The van der Waals surface area contributed by atoms with Gasteiger partial charge in [-0.1, -0.05) is 30.3 Å². The zero-order valence-electron chi connectivity index (χ0n) is 10.6. The third-order valence-corrected chi connectivity index (χ3v) is 3.05. The number of ether oxygens (including phenoxy) is 1. The highest BCUT2D eigenvalue weighted by Gasteiger charge is 2.15. The minimum Gasteiger partial charge on any atom is -0.445 e. The fraction of sp³-hybridized carbons (Fsp3) is 0.500. The molecule has 1 fully saturated rings. The molecule has 1 aliphatic rings. The van der Waals surface area contributed by atoms with Crippen molar-refractivity contribution in [2.24, 2.45) is 0 Å². The zero-order chi connectivity index (χ0) is 12.6. The lowest BCUT2D eigenvalue weighted by atomic mass is 10.2. The van der Waals surface area contributed by atoms with E-state index in [1.54, 1.807) is 4.90 Å². The van der Waals surface area contributed by atoms with Crippen LogP contribution in [0.1, 0.15) is 18.4 Å². The molecule has 0 saturated carbocycles. The topological polar surface area (TPSA) is 41.6 Å². The van der Waals surface area contributed by atoms with Crippen LogP contribution in [0, 0.1) is 0 Å². The maximum Gasteiger partial charge on any atom is 0.410 e. The molecule has 1 amide bonds. The van der Waals surface area contributed by atoms with Crippen LogP contribution in [-0.2, 0) is 11.3 Å². The van der Waals surface area contributed by atoms with Crippen molar-refractivity contribution >= 4 is 6.09 Å². The summed E-state index contributed by atoms with van der Waals surface area (Å²) in [4.78, 5) is 13.7. The van der Waals surface area contributed by atoms with E-state index in [1.807, 2.05) is 30.3 Å². The summed E-state index contributed by atoms with van der Waals surface area (Å²) in [6.45, 7) is 3.78. The van der Waals surface area contributed by atoms with E-state index in [9.17, 15) is 4.79 Å². The Bertz CT molecular complexity index is 359. The number of carbonyl (C=O) groups is 1. The van der Waals surface area contributed by atoms with E-state index in [1.165, 1.54) is 0 Å². The molecule has 1 aromatic carbocycles. The molecule has 98 valence electrons. The molecule has 0 spiro atoms. The highest BCUT2D eigenvalue weighted by Crippen LogP contribution is 2.05. The summed E-state index contributed by atoms with van der Waals surface area (Å²) in [5.74, 6) is 0. The van der Waals surface area contributed by atoms with Gasteiger partial charge in [0.05, 0.1) is 0 Å². The van der Waals surface area contributed by atoms with Crippen LogP contribution in [0.5, 0.6) is 0 Å². The molecule has 1 aromatic rings. The summed E-state index contributed by atoms with van der Waals surface area (Å²) >= 11 is 0. The summed E-state index contributed by atoms with van der Waals surface area (Å²) in [7, 11) is 0. The molecule has 0 radical (unpaired) electrons. The van der Waals surface area contributed by atoms with Gasteiger partial charge in [-0.15, -0.1) is 0 Å². The van der Waals surface area contributed by atoms with Crippen molar-refractivity contribution in [2.45, 2.75) is 19.4 Å². The molecule has 0 bridgehead atoms. The second kappa shape index (κ2) is 7.01. The molecule has 4 nitrogen and oxygen atoms in total. The Balaban J connectivity index is 1.79. The van der Waals surface area contributed by atoms with Gasteiger partial charge < -0.3 is 15.0 Å². The van der Waals surface area contributed by atoms with Crippen LogP contribution in [0.2, 0.25) is 0 Å². The fourth-order valence-corrected chi connectivity index (χ4v) is 2.00. The van der Waals surface area contributed by atoms with Crippen molar-refractivity contribution in [1.82, 2.24) is 10.2 Å². The average Bonchev–Trinajstić information content (AvgIpc) is 2.37. The second-order valence-corrected chi connectivity index (χ2v) is 4.48. The van der Waals surface area contributed by atoms with Gasteiger partial charge in [0.1, 0.15) is 6.61 Å². The highest BCUT2D eigenvalue weighted by atomic mass is 16.6. The monoisotopic (exact) mass is 248 g/mol. The second-order valence-electron chi connectivity index (χ2n) is 4.48. The molecule has 1 N–H and O–H groups in total. The Morgan fingerprint density at radius 1 is 1.17 bits per heavy atom. The number of nitrogens with zero attached hydrogens (tertiary/aromatic N) is 1. The normalized spacial score (nSPS) is 16.8. The number of amides is 1. The van der Waals surface area contributed by atoms with Crippen LogP contribution < -0.4 is 5.32 Å². The lowest BCUT2D eigenvalue weighted by molar-refractivity contribution is 0.0944. The van der Waals surface area contributed by atoms with Crippen molar-refractivity contribution in [2.75, 3.05) is 26.2 Å². The van der Waals surface area contributed by atoms with Crippen molar-refractivity contribution in [3.05, 3.63) is 35.9 Å². The molecule has 0 aliphatic carbocycles. The van der Waals surface area contributed by atoms with Crippen LogP contribution >= 0.6 is 0 Å². The van der Waals surface area contributed by atoms with Crippen molar-refractivity contribution in [1.29, 1.82) is 0 Å². The molecule has 0 atom stereocenters. The minimum atomic E-state index is -0.206. The van der Waals surface area contributed by atoms with E-state index in [0.717, 1.165) is 44.6 Å². The molecular formula is C14H20N2O2. The van der Waals surface area contributed by atoms with Gasteiger partial charge in [-0.3, -0.25) is 0 Å². The fourth-order valence-electron chi connectivity index (χ4n) is 2.00. The van der Waals surface area contributed by atoms with Gasteiger partial charge in [0.25, 0.3) is 0 Å². The van der Waals surface area contributed by atoms with Crippen molar-refractivity contribution in [3.63, 3.8) is 0 Å². The van der Waals surface area contributed by atoms with Gasteiger partial charge in [-0.2, -0.15) is 0 Å². The zero-order valence-corrected chi connectivity index (χ0v) is 10.6. The summed E-state index contributed by atoms with van der Waals surface area (Å²) in [6.07, 6.45) is 1.94. The Morgan fingerprint density at radius 2 is 2.00 bits per heavy atom. The molecule has 4 heteroatoms. The van der Waals surface area contributed by atoms with Gasteiger partial charge in [-0.05, 0) is 24.9 Å². The standard InChI is InChI=1S/C14H20N2O2/c17-14(16-10-5-4-8-15-9-11-16)18-12-13-6-2-1-3-7-13/h1-3,6-7,15H,4-5,8-12H2. The first kappa shape index (κ1) is 12.9. The molecule has 0 aromatic heterocycles. The largest absolute Gasteiger partial charge is 0.445 e. The number of rotatable bonds is 2. The lowest BCUT2D eigenvalue weighted by Gasteiger charge is -2.24. The highest BCUT2D eigenvalue weighted by molar-refractivity contribution is 5.67. The summed E-state index contributed by atoms with van der Waals surface area (Å²) < 4.78 is 5.32. The molecule has 1 saturated heterocycles. The number of carbonyl (C=O) groups excluding carboxylic acids is 1. The third-order valence-electron chi connectivity index (χ3n) is 3.05. The van der Waals surface area contributed by atoms with E-state index in [4.69, 9.17) is 4.74 Å². The summed E-state index contributed by atoms with van der Waals surface area (Å²) in [5, 5.41) is 3.30. The average molecular weight is 248 g/mol. The molecule has 1 aliphatic heterocycles. The smallest absolute Gasteiger partial charge is 0.410 e. The van der Waals surface area contributed by atoms with Crippen LogP contribution in [0.15, 0.2) is 30.3 Å². The predicted molar refractivity (Wildman–Crippen MR) is 70.3 cm³/mol. The van der Waals surface area contributed by atoms with E-state index in [2.05, 4.69) is 5.32 Å². The Hall–Kier alpha value is -1.55. The SMILES string of the molecule is O=C(OCc1ccccc1)N1CCCCNCC1. The van der Waals surface area contributed by atoms with E-state index < -0.39 is 0 Å². The Labute approximate surface area is 108 Å². The van der Waals surface area contributed by atoms with Gasteiger partial charge >= 0.3 is 6.09 Å². The first-order valence-electron chi connectivity index (χ1n) is 6.52. The molecule has 2 rings (SSSR count). The van der Waals surface area contributed by atoms with Crippen LogP contribution in [0.25, 0.3) is 0 Å². The number of hydrogen-bond acceptors (Lipinski definition) is 3. The number of nitrogens with one attached hydrogen (secondary N) is 1. The first-order valence-corrected chi connectivity index (χ1v) is 6.52. The first-order chi connectivity index (χ1) is 8.86. The predicted octanol–water partition coefficient (Wildman–Crippen LogP) is 2.01. The Kier molecular flexibility index (Phi) is 5.02. The van der Waals surface area contributed by atoms with Crippen LogP contribution in [0.3, 0.4) is 0 Å². The van der Waals surface area contributed by atoms with E-state index >= 15 is 0 Å². The van der Waals surface area contributed by atoms with Crippen molar-refractivity contribution < 1.29 is 9.53 Å². The van der Waals surface area contributed by atoms with Gasteiger partial charge in [0.15, 0.2) is 0 Å². The van der Waals surface area contributed by atoms with E-state index in [-0.39, 0.29) is 6.09 Å². The van der Waals surface area contributed by atoms with E-state index in [0.29, 0.717) is 6.61 Å². The maximum atomic E-state index is 11.9. The summed E-state index contributed by atoms with van der Waals surface area (Å²) in [6, 6.07) is 9.77. The molecule has 0 unspecified atom stereocenters. The lowest BCUT2D eigenvalue weighted by Crippen LogP contribution is -2.40.